The van der Waals surface area contributed by atoms with Gasteiger partial charge in [-0.15, -0.1) is 6.42 Å². The average Bonchev–Trinajstić information content (AvgIpc) is 3.45. The number of carbonyl (C=O) groups is 2. The van der Waals surface area contributed by atoms with E-state index >= 15 is 0 Å². The molecule has 4 heterocycles. The summed E-state index contributed by atoms with van der Waals surface area (Å²) < 4.78 is 2.62. The van der Waals surface area contributed by atoms with Crippen molar-refractivity contribution in [1.29, 1.82) is 0 Å². The van der Waals surface area contributed by atoms with Crippen molar-refractivity contribution in [2.24, 2.45) is 0 Å². The van der Waals surface area contributed by atoms with Crippen molar-refractivity contribution in [3.63, 3.8) is 0 Å². The average molecular weight is 425 g/mol. The second-order valence-corrected chi connectivity index (χ2v) is 8.53. The molecule has 1 N–H and O–H groups in total. The highest BCUT2D eigenvalue weighted by Crippen LogP contribution is 2.52. The lowest BCUT2D eigenvalue weighted by Crippen LogP contribution is -2.46. The lowest BCUT2D eigenvalue weighted by atomic mass is 9.72. The molecule has 4 aromatic rings. The smallest absolute Gasteiger partial charge is 0.243 e. The number of nitrogens with one attached hydrogen (secondary N) is 1. The van der Waals surface area contributed by atoms with Crippen molar-refractivity contribution >= 4 is 44.9 Å². The SMILES string of the molecule is C#CCN1C(=O)[C@@]2(CC(=O)Nc3c2cnn3-c2nc3ccccc3s2)c2ccccc21. The Bertz CT molecular complexity index is 1410. The van der Waals surface area contributed by atoms with Gasteiger partial charge in [-0.3, -0.25) is 14.5 Å². The number of benzene rings is 2. The van der Waals surface area contributed by atoms with Gasteiger partial charge < -0.3 is 5.32 Å². The lowest BCUT2D eigenvalue weighted by molar-refractivity contribution is -0.126. The van der Waals surface area contributed by atoms with Gasteiger partial charge in [0.1, 0.15) is 11.2 Å². The molecule has 7 nitrogen and oxygen atoms in total. The molecule has 0 unspecified atom stereocenters. The van der Waals surface area contributed by atoms with E-state index in [1.165, 1.54) is 11.3 Å². The van der Waals surface area contributed by atoms with E-state index in [1.54, 1.807) is 15.8 Å². The highest BCUT2D eigenvalue weighted by atomic mass is 32.1. The van der Waals surface area contributed by atoms with Crippen LogP contribution in [-0.2, 0) is 15.0 Å². The number of terminal acetylenes is 1. The maximum atomic E-state index is 13.7. The third-order valence-electron chi connectivity index (χ3n) is 5.89. The minimum atomic E-state index is -1.15. The summed E-state index contributed by atoms with van der Waals surface area (Å²) in [5.41, 5.74) is 1.86. The number of thiazole rings is 1. The molecule has 31 heavy (non-hydrogen) atoms. The first-order valence-corrected chi connectivity index (χ1v) is 10.5. The van der Waals surface area contributed by atoms with Crippen molar-refractivity contribution < 1.29 is 9.59 Å². The summed E-state index contributed by atoms with van der Waals surface area (Å²) in [6.45, 7) is 0.139. The van der Waals surface area contributed by atoms with E-state index in [2.05, 4.69) is 21.3 Å². The first-order chi connectivity index (χ1) is 15.1. The summed E-state index contributed by atoms with van der Waals surface area (Å²) in [7, 11) is 0. The van der Waals surface area contributed by atoms with Gasteiger partial charge in [0.05, 0.1) is 23.0 Å². The zero-order valence-corrected chi connectivity index (χ0v) is 17.0. The van der Waals surface area contributed by atoms with Crippen LogP contribution < -0.4 is 10.2 Å². The summed E-state index contributed by atoms with van der Waals surface area (Å²) >= 11 is 1.47. The van der Waals surface area contributed by atoms with Crippen molar-refractivity contribution in [3.8, 4) is 17.5 Å². The fraction of sp³-hybridized carbons (Fsp3) is 0.130. The second-order valence-electron chi connectivity index (χ2n) is 7.53. The molecule has 2 amide bonds. The molecule has 2 aliphatic heterocycles. The zero-order chi connectivity index (χ0) is 21.2. The topological polar surface area (TPSA) is 80.1 Å². The Labute approximate surface area is 181 Å². The Morgan fingerprint density at radius 1 is 1.13 bits per heavy atom. The maximum absolute atomic E-state index is 13.7. The number of fused-ring (bicyclic) bond motifs is 5. The van der Waals surface area contributed by atoms with E-state index in [-0.39, 0.29) is 24.8 Å². The van der Waals surface area contributed by atoms with Crippen LogP contribution >= 0.6 is 11.3 Å². The number of rotatable bonds is 2. The predicted molar refractivity (Wildman–Crippen MR) is 118 cm³/mol. The van der Waals surface area contributed by atoms with Gasteiger partial charge in [0.2, 0.25) is 16.9 Å². The van der Waals surface area contributed by atoms with Crippen LogP contribution in [0.25, 0.3) is 15.3 Å². The second kappa shape index (κ2) is 6.27. The minimum Gasteiger partial charge on any atom is -0.310 e. The fourth-order valence-electron chi connectivity index (χ4n) is 4.59. The number of anilines is 2. The molecule has 0 bridgehead atoms. The molecule has 6 rings (SSSR count). The van der Waals surface area contributed by atoms with E-state index in [0.29, 0.717) is 16.5 Å². The largest absolute Gasteiger partial charge is 0.310 e. The van der Waals surface area contributed by atoms with E-state index in [9.17, 15) is 9.59 Å². The first-order valence-electron chi connectivity index (χ1n) is 9.73. The maximum Gasteiger partial charge on any atom is 0.243 e. The predicted octanol–water partition coefficient (Wildman–Crippen LogP) is 3.09. The summed E-state index contributed by atoms with van der Waals surface area (Å²) in [4.78, 5) is 32.8. The van der Waals surface area contributed by atoms with Crippen LogP contribution in [0.5, 0.6) is 0 Å². The van der Waals surface area contributed by atoms with E-state index in [0.717, 1.165) is 21.5 Å². The molecule has 0 saturated heterocycles. The molecule has 1 spiro atoms. The van der Waals surface area contributed by atoms with Gasteiger partial charge in [-0.2, -0.15) is 9.78 Å². The molecular formula is C23H15N5O2S. The van der Waals surface area contributed by atoms with Crippen LogP contribution in [0.1, 0.15) is 17.5 Å². The monoisotopic (exact) mass is 425 g/mol. The van der Waals surface area contributed by atoms with Gasteiger partial charge >= 0.3 is 0 Å². The minimum absolute atomic E-state index is 0.00244. The lowest BCUT2D eigenvalue weighted by Gasteiger charge is -2.32. The Hall–Kier alpha value is -3.96. The third-order valence-corrected chi connectivity index (χ3v) is 6.90. The van der Waals surface area contributed by atoms with E-state index < -0.39 is 5.41 Å². The van der Waals surface area contributed by atoms with Crippen LogP contribution in [0.2, 0.25) is 0 Å². The van der Waals surface area contributed by atoms with Crippen molar-refractivity contribution in [2.75, 3.05) is 16.8 Å². The zero-order valence-electron chi connectivity index (χ0n) is 16.2. The molecule has 2 aliphatic rings. The number of hydrogen-bond acceptors (Lipinski definition) is 5. The number of para-hydroxylation sites is 2. The summed E-state index contributed by atoms with van der Waals surface area (Å²) in [5.74, 6) is 2.58. The van der Waals surface area contributed by atoms with Crippen LogP contribution in [0.3, 0.4) is 0 Å². The standard InChI is InChI=1S/C23H15N5O2S/c1-2-11-27-17-9-5-3-7-14(17)23(21(27)30)12-19(29)26-20-15(23)13-24-28(20)22-25-16-8-4-6-10-18(16)31-22/h1,3-10,13H,11-12H2,(H,26,29)/t23-/m0/s1. The molecule has 2 aromatic carbocycles. The third kappa shape index (κ3) is 2.29. The molecule has 0 saturated carbocycles. The molecule has 0 fully saturated rings. The van der Waals surface area contributed by atoms with E-state index in [4.69, 9.17) is 6.42 Å². The molecule has 0 aliphatic carbocycles. The van der Waals surface area contributed by atoms with Crippen LogP contribution in [0.4, 0.5) is 11.5 Å². The highest BCUT2D eigenvalue weighted by molar-refractivity contribution is 7.20. The molecule has 2 aromatic heterocycles. The van der Waals surface area contributed by atoms with Crippen molar-refractivity contribution in [1.82, 2.24) is 14.8 Å². The first kappa shape index (κ1) is 17.9. The van der Waals surface area contributed by atoms with Gasteiger partial charge in [-0.25, -0.2) is 4.98 Å². The Morgan fingerprint density at radius 2 is 1.94 bits per heavy atom. The highest BCUT2D eigenvalue weighted by Gasteiger charge is 2.57. The van der Waals surface area contributed by atoms with Crippen molar-refractivity contribution in [2.45, 2.75) is 11.8 Å². The number of nitrogens with zero attached hydrogens (tertiary/aromatic N) is 4. The Kier molecular flexibility index (Phi) is 3.61. The van der Waals surface area contributed by atoms with E-state index in [1.807, 2.05) is 48.5 Å². The summed E-state index contributed by atoms with van der Waals surface area (Å²) in [6, 6.07) is 15.3. The molecule has 150 valence electrons. The van der Waals surface area contributed by atoms with Gasteiger partial charge in [0.15, 0.2) is 0 Å². The normalized spacial score (nSPS) is 19.4. The molecule has 0 radical (unpaired) electrons. The van der Waals surface area contributed by atoms with Gasteiger partial charge in [-0.1, -0.05) is 47.6 Å². The quantitative estimate of drug-likeness (QED) is 0.501. The number of aromatic nitrogens is 3. The van der Waals surface area contributed by atoms with Crippen LogP contribution in [0, 0.1) is 12.3 Å². The molecule has 1 atom stereocenters. The molecular weight excluding hydrogens is 410 g/mol. The summed E-state index contributed by atoms with van der Waals surface area (Å²) in [5, 5.41) is 8.08. The number of amides is 2. The number of carbonyl (C=O) groups excluding carboxylic acids is 2. The van der Waals surface area contributed by atoms with Crippen LogP contribution in [-0.4, -0.2) is 33.1 Å². The van der Waals surface area contributed by atoms with Gasteiger partial charge in [0, 0.05) is 17.7 Å². The number of hydrogen-bond donors (Lipinski definition) is 1. The van der Waals surface area contributed by atoms with Gasteiger partial charge in [-0.05, 0) is 23.8 Å². The summed E-state index contributed by atoms with van der Waals surface area (Å²) in [6.07, 6.45) is 7.20. The van der Waals surface area contributed by atoms with Gasteiger partial charge in [0.25, 0.3) is 0 Å². The molecule has 8 heteroatoms. The van der Waals surface area contributed by atoms with Crippen LogP contribution in [0.15, 0.2) is 54.7 Å². The van der Waals surface area contributed by atoms with Crippen molar-refractivity contribution in [3.05, 3.63) is 65.9 Å². The Balaban J connectivity index is 1.59. The fourth-order valence-corrected chi connectivity index (χ4v) is 5.52. The Morgan fingerprint density at radius 3 is 2.77 bits per heavy atom.